The first kappa shape index (κ1) is 15.8. The third-order valence-corrected chi connectivity index (χ3v) is 4.52. The topological polar surface area (TPSA) is 105 Å². The molecule has 4 aromatic rings. The average molecular weight is 362 g/mol. The van der Waals surface area contributed by atoms with Crippen LogP contribution < -0.4 is 15.4 Å². The van der Waals surface area contributed by atoms with Gasteiger partial charge >= 0.3 is 0 Å². The van der Waals surface area contributed by atoms with E-state index in [1.165, 1.54) is 0 Å². The molecule has 9 nitrogen and oxygen atoms in total. The number of ether oxygens (including phenoxy) is 1. The maximum absolute atomic E-state index is 5.93. The van der Waals surface area contributed by atoms with Crippen molar-refractivity contribution >= 4 is 17.2 Å². The van der Waals surface area contributed by atoms with Gasteiger partial charge in [-0.05, 0) is 19.0 Å². The summed E-state index contributed by atoms with van der Waals surface area (Å²) in [5, 5.41) is 13.4. The highest BCUT2D eigenvalue weighted by atomic mass is 16.5. The van der Waals surface area contributed by atoms with Crippen LogP contribution in [0.4, 0.5) is 11.5 Å². The van der Waals surface area contributed by atoms with Crippen molar-refractivity contribution in [3.63, 3.8) is 0 Å². The predicted molar refractivity (Wildman–Crippen MR) is 100.0 cm³/mol. The van der Waals surface area contributed by atoms with Crippen LogP contribution in [0.5, 0.6) is 5.88 Å². The normalized spacial score (nSPS) is 16.7. The van der Waals surface area contributed by atoms with Crippen LogP contribution in [0.15, 0.2) is 49.3 Å². The van der Waals surface area contributed by atoms with Crippen molar-refractivity contribution < 1.29 is 4.74 Å². The van der Waals surface area contributed by atoms with E-state index in [0.29, 0.717) is 11.7 Å². The largest absolute Gasteiger partial charge is 0.473 e. The zero-order valence-electron chi connectivity index (χ0n) is 14.5. The lowest BCUT2D eigenvalue weighted by Gasteiger charge is -2.13. The lowest BCUT2D eigenvalue weighted by molar-refractivity contribution is 0.214. The molecule has 1 aliphatic rings. The molecule has 1 saturated heterocycles. The highest BCUT2D eigenvalue weighted by molar-refractivity contribution is 5.73. The number of anilines is 2. The van der Waals surface area contributed by atoms with Crippen molar-refractivity contribution in [2.75, 3.05) is 18.4 Å². The fourth-order valence-electron chi connectivity index (χ4n) is 3.20. The van der Waals surface area contributed by atoms with Gasteiger partial charge in [0.15, 0.2) is 11.5 Å². The Morgan fingerprint density at radius 3 is 3.04 bits per heavy atom. The van der Waals surface area contributed by atoms with Crippen LogP contribution in [-0.4, -0.2) is 48.7 Å². The smallest absolute Gasteiger partial charge is 0.215 e. The number of fused-ring (bicyclic) bond motifs is 1. The van der Waals surface area contributed by atoms with Crippen molar-refractivity contribution in [3.05, 3.63) is 49.3 Å². The lowest BCUT2D eigenvalue weighted by atomic mass is 10.3. The number of rotatable bonds is 5. The number of H-pyrrole nitrogens is 1. The summed E-state index contributed by atoms with van der Waals surface area (Å²) in [6, 6.07) is 3.76. The first-order valence-electron chi connectivity index (χ1n) is 8.78. The van der Waals surface area contributed by atoms with Crippen molar-refractivity contribution in [2.24, 2.45) is 0 Å². The zero-order chi connectivity index (χ0) is 18.1. The number of nitrogens with zero attached hydrogens (tertiary/aromatic N) is 5. The van der Waals surface area contributed by atoms with Crippen LogP contribution >= 0.6 is 0 Å². The Morgan fingerprint density at radius 1 is 1.19 bits per heavy atom. The van der Waals surface area contributed by atoms with Gasteiger partial charge in [0.1, 0.15) is 6.10 Å². The molecule has 1 fully saturated rings. The molecule has 1 atom stereocenters. The van der Waals surface area contributed by atoms with E-state index in [4.69, 9.17) is 4.74 Å². The summed E-state index contributed by atoms with van der Waals surface area (Å²) in [5.74, 6) is 1.26. The molecule has 0 spiro atoms. The van der Waals surface area contributed by atoms with E-state index in [9.17, 15) is 0 Å². The molecule has 27 heavy (non-hydrogen) atoms. The van der Waals surface area contributed by atoms with Crippen LogP contribution in [0.1, 0.15) is 6.42 Å². The second-order valence-corrected chi connectivity index (χ2v) is 6.34. The SMILES string of the molecule is c1cc(Nc2nccn3c(-c4cn[nH]c4)cnc23)cc(OC2CCNC2)n1. The van der Waals surface area contributed by atoms with Crippen LogP contribution in [-0.2, 0) is 0 Å². The molecule has 0 saturated carbocycles. The summed E-state index contributed by atoms with van der Waals surface area (Å²) in [6.07, 6.45) is 11.9. The van der Waals surface area contributed by atoms with Gasteiger partial charge in [-0.3, -0.25) is 9.50 Å². The molecule has 5 rings (SSSR count). The molecule has 0 amide bonds. The Morgan fingerprint density at radius 2 is 2.19 bits per heavy atom. The van der Waals surface area contributed by atoms with Gasteiger partial charge in [-0.25, -0.2) is 15.0 Å². The minimum Gasteiger partial charge on any atom is -0.473 e. The standard InChI is InChI=1S/C18H18N8O/c1-4-20-16(27-14-2-3-19-10-14)7-13(1)25-17-18-22-11-15(12-8-23-24-9-12)26(18)6-5-21-17/h1,4-9,11,14,19H,2-3,10H2,(H,23,24)(H,20,21,25). The van der Waals surface area contributed by atoms with Gasteiger partial charge in [-0.15, -0.1) is 0 Å². The van der Waals surface area contributed by atoms with E-state index in [0.717, 1.165) is 42.1 Å². The summed E-state index contributed by atoms with van der Waals surface area (Å²) >= 11 is 0. The van der Waals surface area contributed by atoms with Gasteiger partial charge in [0.05, 0.1) is 18.1 Å². The second kappa shape index (κ2) is 6.69. The molecular weight excluding hydrogens is 344 g/mol. The quantitative estimate of drug-likeness (QED) is 0.499. The molecule has 136 valence electrons. The first-order chi connectivity index (χ1) is 13.4. The predicted octanol–water partition coefficient (Wildman–Crippen LogP) is 2.00. The molecule has 5 heterocycles. The number of aromatic nitrogens is 6. The second-order valence-electron chi connectivity index (χ2n) is 6.34. The summed E-state index contributed by atoms with van der Waals surface area (Å²) < 4.78 is 7.90. The van der Waals surface area contributed by atoms with Crippen LogP contribution in [0.3, 0.4) is 0 Å². The molecule has 0 radical (unpaired) electrons. The number of hydrogen-bond donors (Lipinski definition) is 3. The minimum absolute atomic E-state index is 0.166. The van der Waals surface area contributed by atoms with E-state index < -0.39 is 0 Å². The van der Waals surface area contributed by atoms with Crippen LogP contribution in [0.2, 0.25) is 0 Å². The van der Waals surface area contributed by atoms with Crippen molar-refractivity contribution in [1.82, 2.24) is 34.9 Å². The molecule has 0 bridgehead atoms. The monoisotopic (exact) mass is 362 g/mol. The van der Waals surface area contributed by atoms with Gasteiger partial charge in [-0.1, -0.05) is 0 Å². The molecule has 4 aromatic heterocycles. The Hall–Kier alpha value is -3.46. The maximum Gasteiger partial charge on any atom is 0.215 e. The van der Waals surface area contributed by atoms with Gasteiger partial charge in [-0.2, -0.15) is 5.10 Å². The third-order valence-electron chi connectivity index (χ3n) is 4.52. The fraction of sp³-hybridized carbons (Fsp3) is 0.222. The van der Waals surface area contributed by atoms with E-state index in [1.807, 2.05) is 28.9 Å². The van der Waals surface area contributed by atoms with Crippen molar-refractivity contribution in [1.29, 1.82) is 0 Å². The minimum atomic E-state index is 0.166. The lowest BCUT2D eigenvalue weighted by Crippen LogP contribution is -2.20. The number of aromatic amines is 1. The summed E-state index contributed by atoms with van der Waals surface area (Å²) in [7, 11) is 0. The maximum atomic E-state index is 5.93. The number of imidazole rings is 1. The van der Waals surface area contributed by atoms with Crippen molar-refractivity contribution in [2.45, 2.75) is 12.5 Å². The average Bonchev–Trinajstić information content (AvgIpc) is 3.44. The fourth-order valence-corrected chi connectivity index (χ4v) is 3.20. The molecule has 0 aromatic carbocycles. The summed E-state index contributed by atoms with van der Waals surface area (Å²) in [4.78, 5) is 13.3. The van der Waals surface area contributed by atoms with Crippen LogP contribution in [0, 0.1) is 0 Å². The van der Waals surface area contributed by atoms with Gasteiger partial charge in [0, 0.05) is 48.6 Å². The molecule has 9 heteroatoms. The summed E-state index contributed by atoms with van der Waals surface area (Å²) in [6.45, 7) is 1.83. The molecular formula is C18H18N8O. The Labute approximate surface area is 154 Å². The van der Waals surface area contributed by atoms with E-state index >= 15 is 0 Å². The molecule has 1 aliphatic heterocycles. The Bertz CT molecular complexity index is 1050. The molecule has 0 aliphatic carbocycles. The van der Waals surface area contributed by atoms with Crippen molar-refractivity contribution in [3.8, 4) is 17.1 Å². The summed E-state index contributed by atoms with van der Waals surface area (Å²) in [5.41, 5.74) is 3.48. The van der Waals surface area contributed by atoms with Gasteiger partial charge in [0.2, 0.25) is 5.88 Å². The Kier molecular flexibility index (Phi) is 3.91. The molecule has 1 unspecified atom stereocenters. The highest BCUT2D eigenvalue weighted by Crippen LogP contribution is 2.25. The third kappa shape index (κ3) is 3.08. The van der Waals surface area contributed by atoms with E-state index in [2.05, 4.69) is 35.8 Å². The highest BCUT2D eigenvalue weighted by Gasteiger charge is 2.17. The number of hydrogen-bond acceptors (Lipinski definition) is 7. The van der Waals surface area contributed by atoms with Gasteiger partial charge in [0.25, 0.3) is 0 Å². The van der Waals surface area contributed by atoms with E-state index in [1.54, 1.807) is 24.8 Å². The van der Waals surface area contributed by atoms with Crippen LogP contribution in [0.25, 0.3) is 16.9 Å². The molecule has 3 N–H and O–H groups in total. The first-order valence-corrected chi connectivity index (χ1v) is 8.78. The number of pyridine rings is 1. The Balaban J connectivity index is 1.43. The van der Waals surface area contributed by atoms with E-state index in [-0.39, 0.29) is 6.10 Å². The zero-order valence-corrected chi connectivity index (χ0v) is 14.5. The number of nitrogens with one attached hydrogen (secondary N) is 3. The van der Waals surface area contributed by atoms with Gasteiger partial charge < -0.3 is 15.4 Å².